The highest BCUT2D eigenvalue weighted by Crippen LogP contribution is 2.46. The molecule has 1 aliphatic carbocycles. The lowest BCUT2D eigenvalue weighted by Crippen LogP contribution is -2.37. The topological polar surface area (TPSA) is 104 Å². The number of hydrogen-bond acceptors (Lipinski definition) is 5. The highest BCUT2D eigenvalue weighted by atomic mass is 16.6. The average molecular weight is 417 g/mol. The number of benzene rings is 2. The van der Waals surface area contributed by atoms with Gasteiger partial charge in [-0.1, -0.05) is 26.0 Å². The number of nitro benzene ring substituents is 1. The maximum absolute atomic E-state index is 13.5. The Hall–Kier alpha value is -3.81. The minimum absolute atomic E-state index is 0.0877. The Bertz CT molecular complexity index is 1440. The number of rotatable bonds is 2. The first-order valence-electron chi connectivity index (χ1n) is 9.97. The predicted molar refractivity (Wildman–Crippen MR) is 115 cm³/mol. The van der Waals surface area contributed by atoms with Crippen LogP contribution in [-0.4, -0.2) is 20.1 Å². The number of carbonyl (C=O) groups is 1. The van der Waals surface area contributed by atoms with Gasteiger partial charge in [0.15, 0.2) is 5.78 Å². The monoisotopic (exact) mass is 417 g/mol. The second-order valence-corrected chi connectivity index (χ2v) is 8.86. The second kappa shape index (κ2) is 6.34. The molecule has 2 heterocycles. The van der Waals surface area contributed by atoms with Gasteiger partial charge in [0.05, 0.1) is 21.4 Å². The largest absolute Gasteiger partial charge is 0.294 e. The van der Waals surface area contributed by atoms with Crippen LogP contribution in [0.25, 0.3) is 16.5 Å². The first-order chi connectivity index (χ1) is 14.7. The number of nitro groups is 1. The number of carbonyl (C=O) groups excluding carboxylic acids is 1. The van der Waals surface area contributed by atoms with E-state index in [4.69, 9.17) is 0 Å². The number of Topliss-reactive ketones (excluding diaryl/α,β-unsaturated/α-hetero) is 1. The molecule has 31 heavy (non-hydrogen) atoms. The molecule has 0 fully saturated rings. The quantitative estimate of drug-likeness (QED) is 0.470. The minimum Gasteiger partial charge on any atom is -0.294 e. The Balaban J connectivity index is 1.87. The van der Waals surface area contributed by atoms with Gasteiger partial charge in [-0.15, -0.1) is 0 Å². The molecular weight excluding hydrogens is 398 g/mol. The molecule has 1 aliphatic heterocycles. The second-order valence-electron chi connectivity index (χ2n) is 8.86. The summed E-state index contributed by atoms with van der Waals surface area (Å²) in [5.74, 6) is -0.117. The van der Waals surface area contributed by atoms with Crippen molar-refractivity contribution in [1.29, 1.82) is 0 Å². The maximum atomic E-state index is 13.5. The van der Waals surface area contributed by atoms with E-state index in [0.717, 1.165) is 0 Å². The summed E-state index contributed by atoms with van der Waals surface area (Å²) in [6.07, 6.45) is 0.765. The zero-order chi connectivity index (χ0) is 22.1. The lowest BCUT2D eigenvalue weighted by atomic mass is 9.74. The normalized spacial score (nSPS) is 19.4. The van der Waals surface area contributed by atoms with Crippen LogP contribution in [0.2, 0.25) is 0 Å². The summed E-state index contributed by atoms with van der Waals surface area (Å²) in [6, 6.07) is 11.6. The molecule has 1 aromatic heterocycles. The molecule has 2 aliphatic rings. The molecule has 0 bridgehead atoms. The lowest BCUT2D eigenvalue weighted by molar-refractivity contribution is -0.384. The maximum Gasteiger partial charge on any atom is 0.277 e. The van der Waals surface area contributed by atoms with Gasteiger partial charge in [-0.2, -0.15) is 0 Å². The van der Waals surface area contributed by atoms with E-state index in [1.54, 1.807) is 36.4 Å². The number of ketones is 1. The Morgan fingerprint density at radius 1 is 0.935 bits per heavy atom. The molecule has 156 valence electrons. The number of hydrogen-bond donors (Lipinski definition) is 0. The molecule has 3 aromatic rings. The van der Waals surface area contributed by atoms with Crippen LogP contribution in [-0.2, 0) is 4.79 Å². The van der Waals surface area contributed by atoms with Gasteiger partial charge in [0, 0.05) is 24.1 Å². The molecule has 8 heteroatoms. The molecule has 0 N–H and O–H groups in total. The lowest BCUT2D eigenvalue weighted by Gasteiger charge is -2.30. The van der Waals surface area contributed by atoms with E-state index < -0.39 is 11.0 Å². The predicted octanol–water partition coefficient (Wildman–Crippen LogP) is 3.27. The first-order valence-corrected chi connectivity index (χ1v) is 9.97. The summed E-state index contributed by atoms with van der Waals surface area (Å²) in [5.41, 5.74) is 0.340. The van der Waals surface area contributed by atoms with Crippen LogP contribution in [0.3, 0.4) is 0 Å². The van der Waals surface area contributed by atoms with Gasteiger partial charge >= 0.3 is 0 Å². The Kier molecular flexibility index (Phi) is 3.92. The zero-order valence-corrected chi connectivity index (χ0v) is 17.0. The van der Waals surface area contributed by atoms with Crippen molar-refractivity contribution in [3.8, 4) is 0 Å². The fraction of sp³-hybridized carbons (Fsp3) is 0.261. The summed E-state index contributed by atoms with van der Waals surface area (Å²) in [7, 11) is 0. The minimum atomic E-state index is -0.802. The van der Waals surface area contributed by atoms with Crippen LogP contribution in [0.15, 0.2) is 63.7 Å². The van der Waals surface area contributed by atoms with E-state index in [-0.39, 0.29) is 33.4 Å². The van der Waals surface area contributed by atoms with Crippen molar-refractivity contribution in [3.63, 3.8) is 0 Å². The highest BCUT2D eigenvalue weighted by Gasteiger charge is 2.44. The number of aromatic nitrogens is 2. The van der Waals surface area contributed by atoms with Crippen LogP contribution in [0.1, 0.15) is 38.3 Å². The third-order valence-corrected chi connectivity index (χ3v) is 6.09. The van der Waals surface area contributed by atoms with Crippen molar-refractivity contribution in [2.24, 2.45) is 5.41 Å². The van der Waals surface area contributed by atoms with E-state index in [0.29, 0.717) is 35.1 Å². The molecule has 0 spiro atoms. The summed E-state index contributed by atoms with van der Waals surface area (Å²) in [4.78, 5) is 50.7. The van der Waals surface area contributed by atoms with E-state index in [1.807, 2.05) is 13.8 Å². The summed E-state index contributed by atoms with van der Waals surface area (Å²) in [5, 5.41) is 11.7. The Morgan fingerprint density at radius 2 is 1.55 bits per heavy atom. The average Bonchev–Trinajstić information content (AvgIpc) is 3.06. The van der Waals surface area contributed by atoms with E-state index in [9.17, 15) is 24.5 Å². The van der Waals surface area contributed by atoms with Gasteiger partial charge in [0.2, 0.25) is 0 Å². The van der Waals surface area contributed by atoms with Crippen molar-refractivity contribution in [1.82, 2.24) is 9.36 Å². The highest BCUT2D eigenvalue weighted by molar-refractivity contribution is 6.04. The van der Waals surface area contributed by atoms with Gasteiger partial charge in [0.25, 0.3) is 16.8 Å². The Morgan fingerprint density at radius 3 is 2.16 bits per heavy atom. The first kappa shape index (κ1) is 19.2. The van der Waals surface area contributed by atoms with Crippen LogP contribution < -0.4 is 11.1 Å². The van der Waals surface area contributed by atoms with Crippen molar-refractivity contribution in [3.05, 3.63) is 90.5 Å². The zero-order valence-electron chi connectivity index (χ0n) is 17.0. The molecule has 2 aromatic carbocycles. The van der Waals surface area contributed by atoms with Crippen LogP contribution in [0.5, 0.6) is 0 Å². The van der Waals surface area contributed by atoms with Gasteiger partial charge in [0.1, 0.15) is 6.04 Å². The summed E-state index contributed by atoms with van der Waals surface area (Å²) in [6.45, 7) is 3.92. The van der Waals surface area contributed by atoms with Gasteiger partial charge in [-0.3, -0.25) is 24.5 Å². The molecular formula is C23H19N3O5. The summed E-state index contributed by atoms with van der Waals surface area (Å²) < 4.78 is 2.70. The third-order valence-electron chi connectivity index (χ3n) is 6.09. The molecule has 1 atom stereocenters. The summed E-state index contributed by atoms with van der Waals surface area (Å²) >= 11 is 0. The molecule has 5 rings (SSSR count). The number of fused-ring (bicyclic) bond motifs is 3. The SMILES string of the molecule is CC1(C)CC(=O)C2=C(C1)n1c(=O)c3ccccc3c(=O)n1C2c1ccc([N+](=O)[O-])cc1. The van der Waals surface area contributed by atoms with E-state index >= 15 is 0 Å². The smallest absolute Gasteiger partial charge is 0.277 e. The number of allylic oxidation sites excluding steroid dienone is 2. The molecule has 0 amide bonds. The van der Waals surface area contributed by atoms with E-state index in [2.05, 4.69) is 0 Å². The van der Waals surface area contributed by atoms with Crippen molar-refractivity contribution in [2.45, 2.75) is 32.7 Å². The van der Waals surface area contributed by atoms with Crippen molar-refractivity contribution < 1.29 is 9.72 Å². The standard InChI is InChI=1S/C23H19N3O5/c1-23(2)11-17-19(18(27)12-23)20(13-7-9-14(10-8-13)26(30)31)25-22(29)16-6-4-3-5-15(16)21(28)24(17)25/h3-10,20H,11-12H2,1-2H3. The van der Waals surface area contributed by atoms with Crippen molar-refractivity contribution >= 4 is 27.9 Å². The van der Waals surface area contributed by atoms with Crippen molar-refractivity contribution in [2.75, 3.05) is 0 Å². The fourth-order valence-corrected chi connectivity index (χ4v) is 4.78. The van der Waals surface area contributed by atoms with E-state index in [1.165, 1.54) is 21.5 Å². The number of nitrogens with zero attached hydrogens (tertiary/aromatic N) is 3. The third kappa shape index (κ3) is 2.71. The molecule has 1 unspecified atom stereocenters. The van der Waals surface area contributed by atoms with Crippen LogP contribution in [0, 0.1) is 15.5 Å². The van der Waals surface area contributed by atoms with Gasteiger partial charge < -0.3 is 0 Å². The fourth-order valence-electron chi connectivity index (χ4n) is 4.78. The van der Waals surface area contributed by atoms with Gasteiger partial charge in [-0.05, 0) is 41.7 Å². The number of non-ortho nitro benzene ring substituents is 1. The molecule has 0 saturated carbocycles. The molecule has 0 saturated heterocycles. The van der Waals surface area contributed by atoms with Crippen LogP contribution >= 0.6 is 0 Å². The molecule has 0 radical (unpaired) electrons. The van der Waals surface area contributed by atoms with Crippen LogP contribution in [0.4, 0.5) is 5.69 Å². The Labute approximate surface area is 176 Å². The van der Waals surface area contributed by atoms with Gasteiger partial charge in [-0.25, -0.2) is 9.36 Å². The molecule has 8 nitrogen and oxygen atoms in total.